The Morgan fingerprint density at radius 1 is 0.571 bits per heavy atom. The molecule has 1 aliphatic rings. The molecule has 0 aromatic heterocycles. The molecule has 174 valence electrons. The molecule has 1 aliphatic heterocycles. The molecule has 0 fully saturated rings. The molecule has 0 atom stereocenters. The first-order chi connectivity index (χ1) is 17.3. The maximum absolute atomic E-state index is 6.15. The van der Waals surface area contributed by atoms with Crippen molar-refractivity contribution >= 4 is 21.5 Å². The van der Waals surface area contributed by atoms with Gasteiger partial charge < -0.3 is 14.2 Å². The smallest absolute Gasteiger partial charge is 0.0731 e. The summed E-state index contributed by atoms with van der Waals surface area (Å²) in [4.78, 5) is 0. The Labute approximate surface area is 205 Å². The Hall–Kier alpha value is -3.50. The number of hydrogen-bond acceptors (Lipinski definition) is 3. The van der Waals surface area contributed by atoms with Crippen LogP contribution in [0, 0.1) is 0 Å². The van der Waals surface area contributed by atoms with E-state index in [9.17, 15) is 0 Å². The second kappa shape index (κ2) is 9.27. The summed E-state index contributed by atoms with van der Waals surface area (Å²) >= 11 is 0. The highest BCUT2D eigenvalue weighted by molar-refractivity contribution is 6.02. The molecule has 35 heavy (non-hydrogen) atoms. The summed E-state index contributed by atoms with van der Waals surface area (Å²) in [6.07, 6.45) is 0. The Balaban J connectivity index is 1.75. The second-order valence-electron chi connectivity index (χ2n) is 9.08. The SMILES string of the molecule is COCc1c(COC)c(-c2cccc3ccccc23)c2c(c1-c1cccc3ccccc13)COC2. The van der Waals surface area contributed by atoms with Crippen LogP contribution in [0.1, 0.15) is 22.3 Å². The Kier molecular flexibility index (Phi) is 5.83. The molecule has 0 N–H and O–H groups in total. The summed E-state index contributed by atoms with van der Waals surface area (Å²) in [5.41, 5.74) is 9.78. The molecule has 0 spiro atoms. The summed E-state index contributed by atoms with van der Waals surface area (Å²) in [6.45, 7) is 2.19. The van der Waals surface area contributed by atoms with E-state index in [-0.39, 0.29) is 0 Å². The zero-order valence-electron chi connectivity index (χ0n) is 20.1. The van der Waals surface area contributed by atoms with E-state index in [1.165, 1.54) is 66.1 Å². The van der Waals surface area contributed by atoms with Gasteiger partial charge in [0.2, 0.25) is 0 Å². The maximum Gasteiger partial charge on any atom is 0.0731 e. The predicted octanol–water partition coefficient (Wildman–Crippen LogP) is 7.65. The molecule has 0 saturated carbocycles. The lowest BCUT2D eigenvalue weighted by molar-refractivity contribution is 0.134. The van der Waals surface area contributed by atoms with Gasteiger partial charge in [-0.1, -0.05) is 84.9 Å². The van der Waals surface area contributed by atoms with Crippen molar-refractivity contribution in [3.63, 3.8) is 0 Å². The molecule has 0 saturated heterocycles. The van der Waals surface area contributed by atoms with Gasteiger partial charge in [0.05, 0.1) is 26.4 Å². The molecule has 3 nitrogen and oxygen atoms in total. The lowest BCUT2D eigenvalue weighted by Crippen LogP contribution is -2.09. The molecule has 0 radical (unpaired) electrons. The van der Waals surface area contributed by atoms with Crippen molar-refractivity contribution in [1.82, 2.24) is 0 Å². The zero-order valence-corrected chi connectivity index (χ0v) is 20.1. The van der Waals surface area contributed by atoms with Gasteiger partial charge in [-0.2, -0.15) is 0 Å². The van der Waals surface area contributed by atoms with Crippen molar-refractivity contribution in [3.8, 4) is 22.3 Å². The van der Waals surface area contributed by atoms with Crippen LogP contribution in [0.3, 0.4) is 0 Å². The quantitative estimate of drug-likeness (QED) is 0.260. The first-order valence-corrected chi connectivity index (χ1v) is 12.0. The Morgan fingerprint density at radius 2 is 1.00 bits per heavy atom. The van der Waals surface area contributed by atoms with Crippen LogP contribution in [0.15, 0.2) is 84.9 Å². The fraction of sp³-hybridized carbons (Fsp3) is 0.188. The number of rotatable bonds is 6. The summed E-state index contributed by atoms with van der Waals surface area (Å²) in [5, 5.41) is 4.94. The van der Waals surface area contributed by atoms with Gasteiger partial charge in [-0.3, -0.25) is 0 Å². The third-order valence-corrected chi connectivity index (χ3v) is 7.12. The van der Waals surface area contributed by atoms with Gasteiger partial charge in [0.1, 0.15) is 0 Å². The van der Waals surface area contributed by atoms with E-state index in [0.29, 0.717) is 26.4 Å². The minimum atomic E-state index is 0.502. The highest BCUT2D eigenvalue weighted by atomic mass is 16.5. The van der Waals surface area contributed by atoms with Crippen molar-refractivity contribution in [2.45, 2.75) is 26.4 Å². The monoisotopic (exact) mass is 460 g/mol. The Bertz CT molecular complexity index is 1420. The van der Waals surface area contributed by atoms with Crippen LogP contribution >= 0.6 is 0 Å². The number of ether oxygens (including phenoxy) is 3. The molecular weight excluding hydrogens is 432 g/mol. The van der Waals surface area contributed by atoms with Gasteiger partial charge in [-0.15, -0.1) is 0 Å². The first-order valence-electron chi connectivity index (χ1n) is 12.0. The van der Waals surface area contributed by atoms with Crippen molar-refractivity contribution in [2.24, 2.45) is 0 Å². The lowest BCUT2D eigenvalue weighted by Gasteiger charge is -2.24. The number of hydrogen-bond donors (Lipinski definition) is 0. The molecule has 5 aromatic carbocycles. The van der Waals surface area contributed by atoms with E-state index in [2.05, 4.69) is 84.9 Å². The van der Waals surface area contributed by atoms with Gasteiger partial charge in [0, 0.05) is 14.2 Å². The van der Waals surface area contributed by atoms with Crippen LogP contribution in [0.5, 0.6) is 0 Å². The average molecular weight is 461 g/mol. The van der Waals surface area contributed by atoms with E-state index in [1.54, 1.807) is 14.2 Å². The van der Waals surface area contributed by atoms with Gasteiger partial charge in [-0.25, -0.2) is 0 Å². The minimum Gasteiger partial charge on any atom is -0.380 e. The lowest BCUT2D eigenvalue weighted by atomic mass is 9.80. The molecule has 0 unspecified atom stereocenters. The summed E-state index contributed by atoms with van der Waals surface area (Å²) in [5.74, 6) is 0. The standard InChI is InChI=1S/C32H28O3/c1-33-17-27-28(18-34-2)32(26-16-8-12-22-10-4-6-14-24(22)26)30-20-35-19-29(30)31(27)25-15-7-11-21-9-3-5-13-23(21)25/h3-16H,17-20H2,1-2H3. The largest absolute Gasteiger partial charge is 0.380 e. The van der Waals surface area contributed by atoms with Gasteiger partial charge in [-0.05, 0) is 66.1 Å². The Morgan fingerprint density at radius 3 is 1.46 bits per heavy atom. The third-order valence-electron chi connectivity index (χ3n) is 7.12. The molecule has 0 bridgehead atoms. The molecule has 0 aliphatic carbocycles. The van der Waals surface area contributed by atoms with E-state index in [4.69, 9.17) is 14.2 Å². The fourth-order valence-electron chi connectivity index (χ4n) is 5.69. The number of methoxy groups -OCH3 is 2. The highest BCUT2D eigenvalue weighted by Crippen LogP contribution is 2.47. The van der Waals surface area contributed by atoms with Crippen molar-refractivity contribution in [2.75, 3.05) is 14.2 Å². The summed E-state index contributed by atoms with van der Waals surface area (Å²) in [7, 11) is 3.54. The van der Waals surface area contributed by atoms with E-state index >= 15 is 0 Å². The van der Waals surface area contributed by atoms with Crippen LogP contribution in [0.25, 0.3) is 43.8 Å². The van der Waals surface area contributed by atoms with Crippen molar-refractivity contribution in [1.29, 1.82) is 0 Å². The van der Waals surface area contributed by atoms with Crippen LogP contribution < -0.4 is 0 Å². The molecule has 1 heterocycles. The topological polar surface area (TPSA) is 27.7 Å². The normalized spacial score (nSPS) is 13.0. The van der Waals surface area contributed by atoms with Crippen LogP contribution in [0.4, 0.5) is 0 Å². The highest BCUT2D eigenvalue weighted by Gasteiger charge is 2.29. The number of fused-ring (bicyclic) bond motifs is 3. The molecule has 3 heteroatoms. The maximum atomic E-state index is 6.15. The van der Waals surface area contributed by atoms with E-state index in [1.807, 2.05) is 0 Å². The van der Waals surface area contributed by atoms with E-state index in [0.717, 1.165) is 0 Å². The van der Waals surface area contributed by atoms with Gasteiger partial charge in [0.25, 0.3) is 0 Å². The molecular formula is C32H28O3. The molecule has 0 amide bonds. The summed E-state index contributed by atoms with van der Waals surface area (Å²) < 4.78 is 17.8. The predicted molar refractivity (Wildman–Crippen MR) is 142 cm³/mol. The van der Waals surface area contributed by atoms with Crippen LogP contribution in [-0.4, -0.2) is 14.2 Å². The van der Waals surface area contributed by atoms with Crippen molar-refractivity contribution < 1.29 is 14.2 Å². The second-order valence-corrected chi connectivity index (χ2v) is 9.08. The summed E-state index contributed by atoms with van der Waals surface area (Å²) in [6, 6.07) is 30.2. The van der Waals surface area contributed by atoms with Gasteiger partial charge >= 0.3 is 0 Å². The van der Waals surface area contributed by atoms with Crippen LogP contribution in [-0.2, 0) is 40.6 Å². The number of benzene rings is 5. The van der Waals surface area contributed by atoms with Crippen molar-refractivity contribution in [3.05, 3.63) is 107 Å². The van der Waals surface area contributed by atoms with Crippen LogP contribution in [0.2, 0.25) is 0 Å². The third kappa shape index (κ3) is 3.64. The molecule has 6 rings (SSSR count). The molecule has 5 aromatic rings. The minimum absolute atomic E-state index is 0.502. The fourth-order valence-corrected chi connectivity index (χ4v) is 5.69. The van der Waals surface area contributed by atoms with E-state index < -0.39 is 0 Å². The zero-order chi connectivity index (χ0) is 23.8. The van der Waals surface area contributed by atoms with Gasteiger partial charge in [0.15, 0.2) is 0 Å². The first kappa shape index (κ1) is 22.0. The average Bonchev–Trinajstić information content (AvgIpc) is 3.38.